The van der Waals surface area contributed by atoms with Crippen LogP contribution in [0, 0.1) is 5.82 Å². The molecule has 0 saturated heterocycles. The van der Waals surface area contributed by atoms with E-state index in [-0.39, 0.29) is 28.2 Å². The normalized spacial score (nSPS) is 11.5. The molecule has 1 aromatic heterocycles. The maximum Gasteiger partial charge on any atom is 0.435 e. The molecule has 3 rings (SSSR count). The number of primary amides is 1. The number of benzene rings is 2. The molecule has 0 aliphatic carbocycles. The number of carbonyl (C=O) groups excluding carboxylic acids is 1. The smallest absolute Gasteiger partial charge is 0.392 e. The molecule has 164 valence electrons. The number of amides is 2. The molecular weight excluding hydrogens is 418 g/mol. The zero-order valence-electron chi connectivity index (χ0n) is 16.5. The van der Waals surface area contributed by atoms with Gasteiger partial charge in [-0.3, -0.25) is 0 Å². The second-order valence-electron chi connectivity index (χ2n) is 6.85. The zero-order chi connectivity index (χ0) is 22.9. The molecule has 4 N–H and O–H groups in total. The molecule has 0 aliphatic rings. The number of anilines is 2. The van der Waals surface area contributed by atoms with Crippen LogP contribution in [-0.2, 0) is 12.8 Å². The van der Waals surface area contributed by atoms with Crippen molar-refractivity contribution in [2.75, 3.05) is 24.3 Å². The van der Waals surface area contributed by atoms with Crippen LogP contribution in [0.15, 0.2) is 42.5 Å². The van der Waals surface area contributed by atoms with E-state index in [0.29, 0.717) is 11.8 Å². The number of hydrogen-bond acceptors (Lipinski definition) is 4. The molecule has 11 heteroatoms. The minimum atomic E-state index is -4.80. The van der Waals surface area contributed by atoms with Crippen LogP contribution in [0.25, 0.3) is 16.9 Å². The third-order valence-electron chi connectivity index (χ3n) is 4.50. The summed E-state index contributed by atoms with van der Waals surface area (Å²) in [6.45, 7) is -0.702. The lowest BCUT2D eigenvalue weighted by Gasteiger charge is -2.17. The molecule has 7 nitrogen and oxygen atoms in total. The fraction of sp³-hybridized carbons (Fsp3) is 0.200. The number of hydrogen-bond donors (Lipinski definition) is 3. The first-order valence-corrected chi connectivity index (χ1v) is 8.97. The predicted octanol–water partition coefficient (Wildman–Crippen LogP) is 3.75. The Kier molecular flexibility index (Phi) is 5.89. The van der Waals surface area contributed by atoms with E-state index in [1.807, 2.05) is 0 Å². The highest BCUT2D eigenvalue weighted by atomic mass is 19.4. The van der Waals surface area contributed by atoms with E-state index in [1.165, 1.54) is 18.2 Å². The molecule has 0 radical (unpaired) electrons. The lowest BCUT2D eigenvalue weighted by molar-refractivity contribution is -0.141. The van der Waals surface area contributed by atoms with Crippen LogP contribution in [0.3, 0.4) is 0 Å². The lowest BCUT2D eigenvalue weighted by Crippen LogP contribution is -2.20. The molecule has 0 spiro atoms. The Balaban J connectivity index is 2.35. The average Bonchev–Trinajstić information content (AvgIpc) is 3.13. The van der Waals surface area contributed by atoms with E-state index in [0.717, 1.165) is 4.68 Å². The van der Waals surface area contributed by atoms with Gasteiger partial charge in [-0.1, -0.05) is 12.1 Å². The van der Waals surface area contributed by atoms with Crippen molar-refractivity contribution in [2.24, 2.45) is 5.73 Å². The first-order chi connectivity index (χ1) is 14.5. The Morgan fingerprint density at radius 2 is 1.94 bits per heavy atom. The van der Waals surface area contributed by atoms with E-state index >= 15 is 4.39 Å². The van der Waals surface area contributed by atoms with Crippen LogP contribution in [0.4, 0.5) is 33.7 Å². The molecule has 0 fully saturated rings. The second kappa shape index (κ2) is 8.26. The van der Waals surface area contributed by atoms with E-state index in [9.17, 15) is 23.1 Å². The van der Waals surface area contributed by atoms with Crippen molar-refractivity contribution in [3.63, 3.8) is 0 Å². The van der Waals surface area contributed by atoms with Gasteiger partial charge in [0.2, 0.25) is 0 Å². The van der Waals surface area contributed by atoms with Crippen LogP contribution in [-0.4, -0.2) is 35.0 Å². The van der Waals surface area contributed by atoms with Crippen molar-refractivity contribution in [3.05, 3.63) is 59.5 Å². The van der Waals surface area contributed by atoms with Crippen LogP contribution >= 0.6 is 0 Å². The molecule has 31 heavy (non-hydrogen) atoms. The number of nitrogens with two attached hydrogens (primary N) is 1. The van der Waals surface area contributed by atoms with Gasteiger partial charge in [0.25, 0.3) is 0 Å². The summed E-state index contributed by atoms with van der Waals surface area (Å²) in [6.07, 6.45) is -4.80. The number of aliphatic hydroxyl groups is 1. The van der Waals surface area contributed by atoms with Crippen molar-refractivity contribution in [2.45, 2.75) is 12.8 Å². The maximum absolute atomic E-state index is 15.2. The SMILES string of the molecule is CN(C)c1cccc(-n2nc(C(F)(F)F)cc2-c2c(NC(N)=O)ccc(CO)c2F)c1. The number of aliphatic hydroxyl groups excluding tert-OH is 1. The van der Waals surface area contributed by atoms with Crippen molar-refractivity contribution in [3.8, 4) is 16.9 Å². The fourth-order valence-electron chi connectivity index (χ4n) is 3.03. The average molecular weight is 437 g/mol. The number of urea groups is 1. The largest absolute Gasteiger partial charge is 0.435 e. The summed E-state index contributed by atoms with van der Waals surface area (Å²) < 4.78 is 56.5. The van der Waals surface area contributed by atoms with Crippen molar-refractivity contribution in [1.29, 1.82) is 0 Å². The lowest BCUT2D eigenvalue weighted by atomic mass is 10.0. The number of aromatic nitrogens is 2. The highest BCUT2D eigenvalue weighted by Crippen LogP contribution is 2.38. The number of carbonyl (C=O) groups is 1. The highest BCUT2D eigenvalue weighted by molar-refractivity contribution is 5.93. The van der Waals surface area contributed by atoms with Crippen LogP contribution < -0.4 is 16.0 Å². The van der Waals surface area contributed by atoms with Gasteiger partial charge in [-0.25, -0.2) is 13.9 Å². The molecular formula is C20H19F4N5O2. The molecule has 3 aromatic rings. The van der Waals surface area contributed by atoms with Gasteiger partial charge in [0.1, 0.15) is 5.82 Å². The van der Waals surface area contributed by atoms with Gasteiger partial charge in [0.05, 0.1) is 29.2 Å². The predicted molar refractivity (Wildman–Crippen MR) is 107 cm³/mol. The standard InChI is InChI=1S/C20H19F4N5O2/c1-28(2)12-4-3-5-13(8-12)29-15(9-16(27-29)20(22,23)24)17-14(26-19(25)31)7-6-11(10-30)18(17)21/h3-9,30H,10H2,1-2H3,(H3,25,26,31). The number of nitrogens with one attached hydrogen (secondary N) is 1. The first kappa shape index (κ1) is 22.1. The van der Waals surface area contributed by atoms with Crippen molar-refractivity contribution < 1.29 is 27.5 Å². The van der Waals surface area contributed by atoms with Gasteiger partial charge in [0.15, 0.2) is 5.69 Å². The third-order valence-corrected chi connectivity index (χ3v) is 4.50. The minimum Gasteiger partial charge on any atom is -0.392 e. The molecule has 0 aliphatic heterocycles. The summed E-state index contributed by atoms with van der Waals surface area (Å²) in [4.78, 5) is 13.1. The molecule has 2 amide bonds. The van der Waals surface area contributed by atoms with Crippen LogP contribution in [0.5, 0.6) is 0 Å². The number of halogens is 4. The molecule has 0 atom stereocenters. The Bertz CT molecular complexity index is 1130. The Morgan fingerprint density at radius 3 is 2.52 bits per heavy atom. The molecule has 1 heterocycles. The summed E-state index contributed by atoms with van der Waals surface area (Å²) in [5.74, 6) is -1.01. The maximum atomic E-state index is 15.2. The Labute approximate surface area is 174 Å². The summed E-state index contributed by atoms with van der Waals surface area (Å²) in [6, 6.07) is 8.53. The summed E-state index contributed by atoms with van der Waals surface area (Å²) in [5.41, 5.74) is 3.79. The zero-order valence-corrected chi connectivity index (χ0v) is 16.5. The fourth-order valence-corrected chi connectivity index (χ4v) is 3.03. The summed E-state index contributed by atoms with van der Waals surface area (Å²) >= 11 is 0. The van der Waals surface area contributed by atoms with Crippen LogP contribution in [0.1, 0.15) is 11.3 Å². The summed E-state index contributed by atoms with van der Waals surface area (Å²) in [5, 5.41) is 15.3. The Morgan fingerprint density at radius 1 is 1.23 bits per heavy atom. The van der Waals surface area contributed by atoms with Gasteiger partial charge in [0, 0.05) is 25.3 Å². The molecule has 0 bridgehead atoms. The van der Waals surface area contributed by atoms with E-state index in [2.05, 4.69) is 10.4 Å². The number of alkyl halides is 3. The quantitative estimate of drug-likeness (QED) is 0.530. The molecule has 2 aromatic carbocycles. The first-order valence-electron chi connectivity index (χ1n) is 8.97. The molecule has 0 saturated carbocycles. The van der Waals surface area contributed by atoms with Gasteiger partial charge in [-0.2, -0.15) is 18.3 Å². The van der Waals surface area contributed by atoms with E-state index in [4.69, 9.17) is 5.73 Å². The van der Waals surface area contributed by atoms with Gasteiger partial charge >= 0.3 is 12.2 Å². The summed E-state index contributed by atoms with van der Waals surface area (Å²) in [7, 11) is 3.51. The topological polar surface area (TPSA) is 96.4 Å². The number of nitrogens with zero attached hydrogens (tertiary/aromatic N) is 3. The molecule has 0 unspecified atom stereocenters. The Hall–Kier alpha value is -3.60. The highest BCUT2D eigenvalue weighted by Gasteiger charge is 2.36. The number of rotatable bonds is 5. The van der Waals surface area contributed by atoms with Gasteiger partial charge < -0.3 is 21.1 Å². The van der Waals surface area contributed by atoms with Crippen molar-refractivity contribution >= 4 is 17.4 Å². The second-order valence-corrected chi connectivity index (χ2v) is 6.85. The van der Waals surface area contributed by atoms with Gasteiger partial charge in [-0.05, 0) is 30.3 Å². The monoisotopic (exact) mass is 437 g/mol. The van der Waals surface area contributed by atoms with Crippen molar-refractivity contribution in [1.82, 2.24) is 9.78 Å². The minimum absolute atomic E-state index is 0.166. The third kappa shape index (κ3) is 4.45. The van der Waals surface area contributed by atoms with Crippen LogP contribution in [0.2, 0.25) is 0 Å². The van der Waals surface area contributed by atoms with E-state index in [1.54, 1.807) is 37.2 Å². The van der Waals surface area contributed by atoms with Gasteiger partial charge in [-0.15, -0.1) is 0 Å². The van der Waals surface area contributed by atoms with E-state index < -0.39 is 30.3 Å².